The number of H-pyrrole nitrogens is 3. The van der Waals surface area contributed by atoms with E-state index in [0.717, 1.165) is 33.1 Å². The van der Waals surface area contributed by atoms with Crippen LogP contribution in [0.2, 0.25) is 0 Å². The molecule has 6 rings (SSSR count). The van der Waals surface area contributed by atoms with E-state index in [1.165, 1.54) is 0 Å². The van der Waals surface area contributed by atoms with Crippen LogP contribution in [0, 0.1) is 0 Å². The lowest BCUT2D eigenvalue weighted by molar-refractivity contribution is 0.278. The van der Waals surface area contributed by atoms with Crippen molar-refractivity contribution in [3.8, 4) is 0 Å². The fourth-order valence-electron chi connectivity index (χ4n) is 2.64. The van der Waals surface area contributed by atoms with Crippen molar-refractivity contribution in [2.24, 2.45) is 0 Å². The van der Waals surface area contributed by atoms with E-state index in [1.807, 2.05) is 72.8 Å². The van der Waals surface area contributed by atoms with E-state index in [2.05, 4.69) is 29.9 Å². The summed E-state index contributed by atoms with van der Waals surface area (Å²) in [6.45, 7) is 0. The van der Waals surface area contributed by atoms with Gasteiger partial charge in [-0.15, -0.1) is 0 Å². The molecule has 0 aliphatic rings. The summed E-state index contributed by atoms with van der Waals surface area (Å²) in [5, 5.41) is 21.5. The Balaban J connectivity index is 0.000000122. The first kappa shape index (κ1) is 21.7. The molecule has 0 atom stereocenters. The molecule has 156 valence electrons. The number of para-hydroxylation sites is 6. The Bertz CT molecular complexity index is 1060. The lowest BCUT2D eigenvalue weighted by Gasteiger charge is -1.81. The molecule has 3 aromatic heterocycles. The normalized spacial score (nSPS) is 9.77. The molecule has 0 saturated carbocycles. The lowest BCUT2D eigenvalue weighted by Crippen LogP contribution is -2.07. The maximum atomic E-state index is 7.17. The van der Waals surface area contributed by atoms with Gasteiger partial charge in [-0.05, 0) is 36.4 Å². The SMILES string of the molecule is OB(O)O.c1ccc2[nH]cnc2c1.c1ccc2[nH]cnc2c1.c1ccc2[nH]cnc2c1. The molecule has 3 heterocycles. The zero-order chi connectivity index (χ0) is 21.9. The van der Waals surface area contributed by atoms with Gasteiger partial charge in [-0.25, -0.2) is 15.0 Å². The zero-order valence-electron chi connectivity index (χ0n) is 16.4. The van der Waals surface area contributed by atoms with Gasteiger partial charge in [0.05, 0.1) is 52.1 Å². The number of fused-ring (bicyclic) bond motifs is 3. The molecule has 3 aromatic carbocycles. The summed E-state index contributed by atoms with van der Waals surface area (Å²) < 4.78 is 0. The third-order valence-electron chi connectivity index (χ3n) is 3.98. The topological polar surface area (TPSA) is 147 Å². The van der Waals surface area contributed by atoms with Gasteiger partial charge in [-0.1, -0.05) is 36.4 Å². The van der Waals surface area contributed by atoms with E-state index in [4.69, 9.17) is 15.1 Å². The van der Waals surface area contributed by atoms with Gasteiger partial charge in [-0.3, -0.25) is 0 Å². The first-order valence-corrected chi connectivity index (χ1v) is 9.32. The van der Waals surface area contributed by atoms with E-state index >= 15 is 0 Å². The lowest BCUT2D eigenvalue weighted by atomic mass is 10.3. The van der Waals surface area contributed by atoms with Crippen LogP contribution in [0.15, 0.2) is 91.8 Å². The number of rotatable bonds is 0. The van der Waals surface area contributed by atoms with E-state index in [9.17, 15) is 0 Å². The van der Waals surface area contributed by atoms with Gasteiger partial charge >= 0.3 is 7.32 Å². The fourth-order valence-corrected chi connectivity index (χ4v) is 2.64. The number of nitrogens with one attached hydrogen (secondary N) is 3. The minimum Gasteiger partial charge on any atom is -0.402 e. The largest absolute Gasteiger partial charge is 0.631 e. The van der Waals surface area contributed by atoms with Crippen molar-refractivity contribution in [3.05, 3.63) is 91.8 Å². The first-order valence-electron chi connectivity index (χ1n) is 9.32. The van der Waals surface area contributed by atoms with Crippen LogP contribution in [0.25, 0.3) is 33.1 Å². The van der Waals surface area contributed by atoms with Crippen LogP contribution >= 0.6 is 0 Å². The molecule has 0 saturated heterocycles. The molecule has 0 amide bonds. The molecule has 9 nitrogen and oxygen atoms in total. The molecule has 0 bridgehead atoms. The molecule has 0 radical (unpaired) electrons. The van der Waals surface area contributed by atoms with E-state index in [0.29, 0.717) is 0 Å². The Morgan fingerprint density at radius 3 is 1.00 bits per heavy atom. The Kier molecular flexibility index (Phi) is 7.89. The minimum atomic E-state index is -2.17. The van der Waals surface area contributed by atoms with Crippen LogP contribution in [0.4, 0.5) is 0 Å². The highest BCUT2D eigenvalue weighted by Crippen LogP contribution is 2.06. The highest BCUT2D eigenvalue weighted by Gasteiger charge is 1.93. The fraction of sp³-hybridized carbons (Fsp3) is 0. The summed E-state index contributed by atoms with van der Waals surface area (Å²) in [5.74, 6) is 0. The van der Waals surface area contributed by atoms with E-state index < -0.39 is 7.32 Å². The summed E-state index contributed by atoms with van der Waals surface area (Å²) in [7, 11) is -2.17. The average molecular weight is 416 g/mol. The van der Waals surface area contributed by atoms with Crippen LogP contribution in [0.5, 0.6) is 0 Å². The summed E-state index contributed by atoms with van der Waals surface area (Å²) in [6.07, 6.45) is 5.10. The number of hydrogen-bond acceptors (Lipinski definition) is 6. The predicted octanol–water partition coefficient (Wildman–Crippen LogP) is 2.64. The maximum Gasteiger partial charge on any atom is 0.631 e. The number of imidazole rings is 3. The smallest absolute Gasteiger partial charge is 0.402 e. The minimum absolute atomic E-state index is 1.03. The van der Waals surface area contributed by atoms with Gasteiger partial charge < -0.3 is 30.0 Å². The van der Waals surface area contributed by atoms with Gasteiger partial charge in [0.2, 0.25) is 0 Å². The van der Waals surface area contributed by atoms with E-state index in [-0.39, 0.29) is 0 Å². The molecule has 0 aliphatic heterocycles. The third kappa shape index (κ3) is 6.79. The average Bonchev–Trinajstić information content (AvgIpc) is 3.54. The molecule has 10 heteroatoms. The van der Waals surface area contributed by atoms with Crippen molar-refractivity contribution in [3.63, 3.8) is 0 Å². The molecule has 6 aromatic rings. The Hall–Kier alpha value is -3.99. The van der Waals surface area contributed by atoms with Gasteiger partial charge in [0.25, 0.3) is 0 Å². The van der Waals surface area contributed by atoms with Gasteiger partial charge in [-0.2, -0.15) is 0 Å². The third-order valence-corrected chi connectivity index (χ3v) is 3.98. The molecule has 0 spiro atoms. The second-order valence-corrected chi connectivity index (χ2v) is 6.11. The monoisotopic (exact) mass is 416 g/mol. The Labute approximate surface area is 177 Å². The highest BCUT2D eigenvalue weighted by molar-refractivity contribution is 6.30. The van der Waals surface area contributed by atoms with Crippen molar-refractivity contribution in [1.29, 1.82) is 0 Å². The second kappa shape index (κ2) is 11.3. The molecule has 6 N–H and O–H groups in total. The molecule has 0 fully saturated rings. The second-order valence-electron chi connectivity index (χ2n) is 6.11. The van der Waals surface area contributed by atoms with Crippen molar-refractivity contribution >= 4 is 40.4 Å². The van der Waals surface area contributed by atoms with Crippen LogP contribution in [-0.2, 0) is 0 Å². The number of benzene rings is 3. The standard InChI is InChI=1S/3C7H6N2.BH3O3/c3*1-2-4-7-6(3-1)8-5-9-7;2-1(3)4/h3*1-5H,(H,8,9);2-4H. The van der Waals surface area contributed by atoms with E-state index in [1.54, 1.807) is 19.0 Å². The van der Waals surface area contributed by atoms with Gasteiger partial charge in [0.1, 0.15) is 0 Å². The Morgan fingerprint density at radius 2 is 0.742 bits per heavy atom. The van der Waals surface area contributed by atoms with Gasteiger partial charge in [0.15, 0.2) is 0 Å². The molecule has 0 unspecified atom stereocenters. The zero-order valence-corrected chi connectivity index (χ0v) is 16.4. The summed E-state index contributed by atoms with van der Waals surface area (Å²) in [6, 6.07) is 23.8. The predicted molar refractivity (Wildman–Crippen MR) is 121 cm³/mol. The van der Waals surface area contributed by atoms with Gasteiger partial charge in [0, 0.05) is 0 Å². The molecular weight excluding hydrogens is 395 g/mol. The molecule has 0 aliphatic carbocycles. The molecular formula is C21H21BN6O3. The molecule has 31 heavy (non-hydrogen) atoms. The summed E-state index contributed by atoms with van der Waals surface area (Å²) in [5.41, 5.74) is 6.36. The van der Waals surface area contributed by atoms with Crippen LogP contribution < -0.4 is 0 Å². The Morgan fingerprint density at radius 1 is 0.484 bits per heavy atom. The quantitative estimate of drug-likeness (QED) is 0.210. The number of nitrogens with zero attached hydrogens (tertiary/aromatic N) is 3. The van der Waals surface area contributed by atoms with Crippen molar-refractivity contribution < 1.29 is 15.1 Å². The number of aromatic amines is 3. The van der Waals surface area contributed by atoms with Crippen LogP contribution in [0.3, 0.4) is 0 Å². The number of aromatic nitrogens is 6. The maximum absolute atomic E-state index is 7.17. The number of hydrogen-bond donors (Lipinski definition) is 6. The van der Waals surface area contributed by atoms with Crippen molar-refractivity contribution in [1.82, 2.24) is 29.9 Å². The van der Waals surface area contributed by atoms with Crippen LogP contribution in [-0.4, -0.2) is 52.3 Å². The van der Waals surface area contributed by atoms with Crippen molar-refractivity contribution in [2.75, 3.05) is 0 Å². The highest BCUT2D eigenvalue weighted by atomic mass is 16.5. The van der Waals surface area contributed by atoms with Crippen molar-refractivity contribution in [2.45, 2.75) is 0 Å². The van der Waals surface area contributed by atoms with Crippen LogP contribution in [0.1, 0.15) is 0 Å². The summed E-state index contributed by atoms with van der Waals surface area (Å²) in [4.78, 5) is 21.2. The first-order chi connectivity index (χ1) is 15.1. The summed E-state index contributed by atoms with van der Waals surface area (Å²) >= 11 is 0.